The third-order valence-electron chi connectivity index (χ3n) is 1.60. The number of hydrogen-bond donors (Lipinski definition) is 0. The lowest BCUT2D eigenvalue weighted by molar-refractivity contribution is 0.167. The van der Waals surface area contributed by atoms with Gasteiger partial charge >= 0.3 is 12.1 Å². The molecule has 0 aromatic carbocycles. The van der Waals surface area contributed by atoms with Crippen LogP contribution in [-0.2, 0) is 0 Å². The third-order valence-corrected chi connectivity index (χ3v) is 1.86. The van der Waals surface area contributed by atoms with E-state index in [1.165, 1.54) is 9.58 Å². The number of rotatable bonds is 2. The van der Waals surface area contributed by atoms with E-state index in [-0.39, 0.29) is 17.3 Å². The Kier molecular flexibility index (Phi) is 3.52. The van der Waals surface area contributed by atoms with E-state index in [2.05, 4.69) is 10.1 Å². The molecular weight excluding hydrogens is 220 g/mol. The molecule has 0 aliphatic heterocycles. The lowest BCUT2D eigenvalue weighted by Crippen LogP contribution is -2.25. The van der Waals surface area contributed by atoms with Crippen LogP contribution in [0.15, 0.2) is 0 Å². The van der Waals surface area contributed by atoms with Gasteiger partial charge in [0, 0.05) is 20.1 Å². The Morgan fingerprint density at radius 1 is 1.53 bits per heavy atom. The maximum atomic E-state index is 11.2. The van der Waals surface area contributed by atoms with Crippen LogP contribution < -0.4 is 4.74 Å². The molecule has 0 fully saturated rings. The summed E-state index contributed by atoms with van der Waals surface area (Å²) in [6, 6.07) is 0.0317. The van der Waals surface area contributed by atoms with Gasteiger partial charge in [-0.2, -0.15) is 4.98 Å². The molecule has 0 atom stereocenters. The van der Waals surface area contributed by atoms with Gasteiger partial charge in [0.05, 0.1) is 0 Å². The SMILES string of the molecule is CC(C)n1nc(OC(=O)N(C)C)nc1Cl. The number of carbonyl (C=O) groups excluding carboxylic acids is 1. The van der Waals surface area contributed by atoms with Crippen LogP contribution in [0.3, 0.4) is 0 Å². The minimum atomic E-state index is -0.535. The molecule has 6 nitrogen and oxygen atoms in total. The van der Waals surface area contributed by atoms with Crippen LogP contribution in [0.1, 0.15) is 19.9 Å². The van der Waals surface area contributed by atoms with E-state index in [4.69, 9.17) is 16.3 Å². The molecule has 15 heavy (non-hydrogen) atoms. The number of ether oxygens (including phenoxy) is 1. The summed E-state index contributed by atoms with van der Waals surface area (Å²) in [7, 11) is 3.15. The van der Waals surface area contributed by atoms with Crippen LogP contribution >= 0.6 is 11.6 Å². The van der Waals surface area contributed by atoms with Gasteiger partial charge in [-0.1, -0.05) is 0 Å². The third kappa shape index (κ3) is 2.82. The van der Waals surface area contributed by atoms with Crippen molar-refractivity contribution in [3.63, 3.8) is 0 Å². The highest BCUT2D eigenvalue weighted by molar-refractivity contribution is 6.28. The van der Waals surface area contributed by atoms with E-state index < -0.39 is 6.09 Å². The molecule has 1 amide bonds. The Labute approximate surface area is 92.8 Å². The van der Waals surface area contributed by atoms with Gasteiger partial charge in [0.15, 0.2) is 0 Å². The van der Waals surface area contributed by atoms with Crippen molar-refractivity contribution in [1.29, 1.82) is 0 Å². The summed E-state index contributed by atoms with van der Waals surface area (Å²) >= 11 is 5.79. The number of carbonyl (C=O) groups is 1. The smallest absolute Gasteiger partial charge is 0.373 e. The first-order valence-corrected chi connectivity index (χ1v) is 4.80. The molecule has 0 saturated heterocycles. The molecule has 1 aromatic rings. The lowest BCUT2D eigenvalue weighted by Gasteiger charge is -2.07. The first-order chi connectivity index (χ1) is 6.91. The average molecular weight is 233 g/mol. The molecule has 1 aromatic heterocycles. The van der Waals surface area contributed by atoms with Gasteiger partial charge in [-0.25, -0.2) is 9.48 Å². The molecule has 0 N–H and O–H groups in total. The first kappa shape index (κ1) is 11.8. The van der Waals surface area contributed by atoms with Crippen molar-refractivity contribution in [2.45, 2.75) is 19.9 Å². The Morgan fingerprint density at radius 3 is 2.53 bits per heavy atom. The topological polar surface area (TPSA) is 60.3 Å². The van der Waals surface area contributed by atoms with E-state index in [1.807, 2.05) is 13.8 Å². The van der Waals surface area contributed by atoms with Gasteiger partial charge in [0.25, 0.3) is 0 Å². The van der Waals surface area contributed by atoms with Crippen LogP contribution in [0.25, 0.3) is 0 Å². The van der Waals surface area contributed by atoms with Crippen LogP contribution in [0.5, 0.6) is 6.01 Å². The fraction of sp³-hybridized carbons (Fsp3) is 0.625. The van der Waals surface area contributed by atoms with Crippen LogP contribution in [-0.4, -0.2) is 39.9 Å². The molecular formula is C8H13ClN4O2. The fourth-order valence-corrected chi connectivity index (χ4v) is 1.13. The van der Waals surface area contributed by atoms with Gasteiger partial charge in [0.2, 0.25) is 5.28 Å². The largest absolute Gasteiger partial charge is 0.417 e. The summed E-state index contributed by atoms with van der Waals surface area (Å²) in [5.41, 5.74) is 0. The number of hydrogen-bond acceptors (Lipinski definition) is 4. The fourth-order valence-electron chi connectivity index (χ4n) is 0.827. The number of nitrogens with zero attached hydrogens (tertiary/aromatic N) is 4. The monoisotopic (exact) mass is 232 g/mol. The van der Waals surface area contributed by atoms with Crippen LogP contribution in [0.4, 0.5) is 4.79 Å². The molecule has 1 rings (SSSR count). The van der Waals surface area contributed by atoms with Crippen molar-refractivity contribution in [2.24, 2.45) is 0 Å². The Morgan fingerprint density at radius 2 is 2.13 bits per heavy atom. The minimum absolute atomic E-state index is 0.0348. The quantitative estimate of drug-likeness (QED) is 0.777. The molecule has 0 radical (unpaired) electrons. The number of aromatic nitrogens is 3. The summed E-state index contributed by atoms with van der Waals surface area (Å²) in [6.07, 6.45) is -0.535. The van der Waals surface area contributed by atoms with Crippen molar-refractivity contribution in [3.8, 4) is 6.01 Å². The highest BCUT2D eigenvalue weighted by Crippen LogP contribution is 2.16. The van der Waals surface area contributed by atoms with Gasteiger partial charge in [0.1, 0.15) is 0 Å². The molecule has 0 aliphatic carbocycles. The molecule has 0 saturated carbocycles. The Balaban J connectivity index is 2.80. The zero-order chi connectivity index (χ0) is 11.6. The Hall–Kier alpha value is -1.30. The van der Waals surface area contributed by atoms with Crippen molar-refractivity contribution >= 4 is 17.7 Å². The normalized spacial score (nSPS) is 10.5. The van der Waals surface area contributed by atoms with Crippen LogP contribution in [0.2, 0.25) is 5.28 Å². The molecule has 0 aliphatic rings. The van der Waals surface area contributed by atoms with Gasteiger partial charge in [-0.05, 0) is 25.4 Å². The van der Waals surface area contributed by atoms with Crippen molar-refractivity contribution in [3.05, 3.63) is 5.28 Å². The van der Waals surface area contributed by atoms with Gasteiger partial charge in [-0.15, -0.1) is 5.10 Å². The molecule has 0 bridgehead atoms. The average Bonchev–Trinajstić information content (AvgIpc) is 2.46. The van der Waals surface area contributed by atoms with Crippen LogP contribution in [0, 0.1) is 0 Å². The van der Waals surface area contributed by atoms with Crippen molar-refractivity contribution < 1.29 is 9.53 Å². The summed E-state index contributed by atoms with van der Waals surface area (Å²) in [6.45, 7) is 3.80. The molecule has 0 spiro atoms. The first-order valence-electron chi connectivity index (χ1n) is 4.43. The highest BCUT2D eigenvalue weighted by atomic mass is 35.5. The van der Waals surface area contributed by atoms with Gasteiger partial charge < -0.3 is 9.64 Å². The minimum Gasteiger partial charge on any atom is -0.373 e. The predicted octanol–water partition coefficient (Wildman–Crippen LogP) is 1.57. The summed E-state index contributed by atoms with van der Waals surface area (Å²) in [4.78, 5) is 16.3. The highest BCUT2D eigenvalue weighted by Gasteiger charge is 2.15. The van der Waals surface area contributed by atoms with E-state index in [0.29, 0.717) is 0 Å². The number of halogens is 1. The zero-order valence-corrected chi connectivity index (χ0v) is 9.82. The molecule has 7 heteroatoms. The summed E-state index contributed by atoms with van der Waals surface area (Å²) in [5.74, 6) is 0. The maximum Gasteiger partial charge on any atom is 0.417 e. The second-order valence-electron chi connectivity index (χ2n) is 3.46. The second kappa shape index (κ2) is 4.48. The van der Waals surface area contributed by atoms with E-state index in [1.54, 1.807) is 14.1 Å². The lowest BCUT2D eigenvalue weighted by atomic mass is 10.4. The van der Waals surface area contributed by atoms with E-state index in [9.17, 15) is 4.79 Å². The zero-order valence-electron chi connectivity index (χ0n) is 9.06. The van der Waals surface area contributed by atoms with E-state index in [0.717, 1.165) is 0 Å². The van der Waals surface area contributed by atoms with Crippen molar-refractivity contribution in [2.75, 3.05) is 14.1 Å². The Bertz CT molecular complexity index is 362. The molecule has 0 unspecified atom stereocenters. The second-order valence-corrected chi connectivity index (χ2v) is 3.80. The van der Waals surface area contributed by atoms with Gasteiger partial charge in [-0.3, -0.25) is 0 Å². The standard InChI is InChI=1S/C8H13ClN4O2/c1-5(2)13-6(9)10-7(11-13)15-8(14)12(3)4/h5H,1-4H3. The molecule has 84 valence electrons. The van der Waals surface area contributed by atoms with E-state index >= 15 is 0 Å². The summed E-state index contributed by atoms with van der Waals surface area (Å²) < 4.78 is 6.32. The predicted molar refractivity (Wildman–Crippen MR) is 55.1 cm³/mol. The number of amides is 1. The van der Waals surface area contributed by atoms with Crippen molar-refractivity contribution in [1.82, 2.24) is 19.7 Å². The summed E-state index contributed by atoms with van der Waals surface area (Å²) in [5, 5.41) is 4.14. The molecule has 1 heterocycles. The maximum absolute atomic E-state index is 11.2.